The van der Waals surface area contributed by atoms with Gasteiger partial charge < -0.3 is 15.4 Å². The van der Waals surface area contributed by atoms with Crippen molar-refractivity contribution in [3.8, 4) is 0 Å². The van der Waals surface area contributed by atoms with Gasteiger partial charge in [0.2, 0.25) is 0 Å². The van der Waals surface area contributed by atoms with Crippen molar-refractivity contribution < 1.29 is 4.74 Å². The Bertz CT molecular complexity index is 315. The normalized spacial score (nSPS) is 10.3. The molecule has 1 rings (SSSR count). The van der Waals surface area contributed by atoms with Crippen LogP contribution in [-0.4, -0.2) is 32.3 Å². The lowest BCUT2D eigenvalue weighted by Crippen LogP contribution is -2.21. The van der Waals surface area contributed by atoms with Crippen LogP contribution in [0.25, 0.3) is 0 Å². The Hall–Kier alpha value is -1.29. The average Bonchev–Trinajstić information content (AvgIpc) is 2.22. The number of rotatable bonds is 5. The van der Waals surface area contributed by atoms with E-state index in [4.69, 9.17) is 10.5 Å². The van der Waals surface area contributed by atoms with Gasteiger partial charge in [0, 0.05) is 27.3 Å². The van der Waals surface area contributed by atoms with Crippen molar-refractivity contribution in [2.24, 2.45) is 0 Å². The first kappa shape index (κ1) is 11.8. The summed E-state index contributed by atoms with van der Waals surface area (Å²) in [6.45, 7) is 3.70. The van der Waals surface area contributed by atoms with Crippen LogP contribution in [0.5, 0.6) is 0 Å². The molecule has 1 aromatic rings. The quantitative estimate of drug-likeness (QED) is 0.746. The minimum atomic E-state index is 0.740. The van der Waals surface area contributed by atoms with E-state index in [1.54, 1.807) is 13.3 Å². The van der Waals surface area contributed by atoms with Gasteiger partial charge >= 0.3 is 0 Å². The molecule has 0 spiro atoms. The maximum Gasteiger partial charge on any atom is 0.128 e. The largest absolute Gasteiger partial charge is 0.397 e. The van der Waals surface area contributed by atoms with Crippen LogP contribution in [0, 0.1) is 6.92 Å². The summed E-state index contributed by atoms with van der Waals surface area (Å²) in [6, 6.07) is 2.00. The highest BCUT2D eigenvalue weighted by Gasteiger charge is 2.03. The molecule has 4 nitrogen and oxygen atoms in total. The second kappa shape index (κ2) is 5.56. The van der Waals surface area contributed by atoms with Gasteiger partial charge in [0.05, 0.1) is 11.9 Å². The molecule has 0 atom stereocenters. The summed E-state index contributed by atoms with van der Waals surface area (Å²) in [4.78, 5) is 6.38. The molecular formula is C11H19N3O. The van der Waals surface area contributed by atoms with Crippen molar-refractivity contribution >= 4 is 11.5 Å². The van der Waals surface area contributed by atoms with Gasteiger partial charge in [-0.25, -0.2) is 4.98 Å². The molecule has 1 aromatic heterocycles. The Morgan fingerprint density at radius 3 is 2.87 bits per heavy atom. The van der Waals surface area contributed by atoms with Crippen LogP contribution in [0.1, 0.15) is 12.0 Å². The summed E-state index contributed by atoms with van der Waals surface area (Å²) >= 11 is 0. The Labute approximate surface area is 91.1 Å². The Balaban J connectivity index is 2.57. The highest BCUT2D eigenvalue weighted by Crippen LogP contribution is 2.15. The number of pyridine rings is 1. The predicted octanol–water partition coefficient (Wildman–Crippen LogP) is 1.44. The molecular weight excluding hydrogens is 190 g/mol. The summed E-state index contributed by atoms with van der Waals surface area (Å²) in [5.74, 6) is 0.956. The molecule has 1 heterocycles. The standard InChI is InChI=1S/C11H19N3O/c1-9-7-11(13-8-10(9)12)14(2)5-4-6-15-3/h7-8H,4-6,12H2,1-3H3. The van der Waals surface area contributed by atoms with Gasteiger partial charge in [-0.05, 0) is 25.0 Å². The molecule has 0 aliphatic rings. The van der Waals surface area contributed by atoms with Gasteiger partial charge in [0.25, 0.3) is 0 Å². The number of nitrogens with two attached hydrogens (primary N) is 1. The fourth-order valence-corrected chi connectivity index (χ4v) is 1.32. The maximum atomic E-state index is 5.71. The number of hydrogen-bond donors (Lipinski definition) is 1. The van der Waals surface area contributed by atoms with Crippen LogP contribution in [0.4, 0.5) is 11.5 Å². The lowest BCUT2D eigenvalue weighted by Gasteiger charge is -2.18. The van der Waals surface area contributed by atoms with E-state index in [9.17, 15) is 0 Å². The number of anilines is 2. The summed E-state index contributed by atoms with van der Waals surface area (Å²) in [5.41, 5.74) is 7.52. The molecule has 4 heteroatoms. The van der Waals surface area contributed by atoms with E-state index in [2.05, 4.69) is 9.88 Å². The van der Waals surface area contributed by atoms with Crippen LogP contribution in [0.3, 0.4) is 0 Å². The van der Waals surface area contributed by atoms with Gasteiger partial charge in [-0.3, -0.25) is 0 Å². The van der Waals surface area contributed by atoms with Gasteiger partial charge in [0.15, 0.2) is 0 Å². The molecule has 0 aliphatic carbocycles. The zero-order valence-electron chi connectivity index (χ0n) is 9.66. The van der Waals surface area contributed by atoms with Crippen molar-refractivity contribution in [1.29, 1.82) is 0 Å². The molecule has 84 valence electrons. The topological polar surface area (TPSA) is 51.4 Å². The predicted molar refractivity (Wildman–Crippen MR) is 63.1 cm³/mol. The number of nitrogen functional groups attached to an aromatic ring is 1. The number of nitrogens with zero attached hydrogens (tertiary/aromatic N) is 2. The summed E-state index contributed by atoms with van der Waals surface area (Å²) < 4.78 is 5.00. The minimum Gasteiger partial charge on any atom is -0.397 e. The molecule has 0 radical (unpaired) electrons. The van der Waals surface area contributed by atoms with Crippen LogP contribution in [-0.2, 0) is 4.74 Å². The van der Waals surface area contributed by atoms with Gasteiger partial charge in [-0.15, -0.1) is 0 Å². The van der Waals surface area contributed by atoms with Gasteiger partial charge in [-0.2, -0.15) is 0 Å². The molecule has 0 bridgehead atoms. The molecule has 0 saturated carbocycles. The lowest BCUT2D eigenvalue weighted by molar-refractivity contribution is 0.196. The first-order chi connectivity index (χ1) is 7.15. The molecule has 0 unspecified atom stereocenters. The molecule has 15 heavy (non-hydrogen) atoms. The van der Waals surface area contributed by atoms with Crippen molar-refractivity contribution in [2.75, 3.05) is 37.9 Å². The number of hydrogen-bond acceptors (Lipinski definition) is 4. The Morgan fingerprint density at radius 1 is 1.53 bits per heavy atom. The zero-order chi connectivity index (χ0) is 11.3. The molecule has 0 fully saturated rings. The van der Waals surface area contributed by atoms with Gasteiger partial charge in [0.1, 0.15) is 5.82 Å². The summed E-state index contributed by atoms with van der Waals surface area (Å²) in [5, 5.41) is 0. The van der Waals surface area contributed by atoms with Crippen molar-refractivity contribution in [3.63, 3.8) is 0 Å². The fraction of sp³-hybridized carbons (Fsp3) is 0.545. The molecule has 0 saturated heterocycles. The van der Waals surface area contributed by atoms with Gasteiger partial charge in [-0.1, -0.05) is 0 Å². The third-order valence-corrected chi connectivity index (χ3v) is 2.37. The summed E-state index contributed by atoms with van der Waals surface area (Å²) in [6.07, 6.45) is 2.70. The fourth-order valence-electron chi connectivity index (χ4n) is 1.32. The lowest BCUT2D eigenvalue weighted by atomic mass is 10.2. The number of methoxy groups -OCH3 is 1. The van der Waals surface area contributed by atoms with Crippen molar-refractivity contribution in [2.45, 2.75) is 13.3 Å². The van der Waals surface area contributed by atoms with E-state index in [0.717, 1.165) is 36.6 Å². The number of aryl methyl sites for hydroxylation is 1. The van der Waals surface area contributed by atoms with Crippen molar-refractivity contribution in [3.05, 3.63) is 17.8 Å². The third kappa shape index (κ3) is 3.40. The third-order valence-electron chi connectivity index (χ3n) is 2.37. The minimum absolute atomic E-state index is 0.740. The van der Waals surface area contributed by atoms with E-state index < -0.39 is 0 Å². The second-order valence-corrected chi connectivity index (χ2v) is 3.67. The Kier molecular flexibility index (Phi) is 4.37. The van der Waals surface area contributed by atoms with Crippen LogP contribution in [0.2, 0.25) is 0 Å². The highest BCUT2D eigenvalue weighted by atomic mass is 16.5. The van der Waals surface area contributed by atoms with E-state index in [0.29, 0.717) is 0 Å². The van der Waals surface area contributed by atoms with Crippen LogP contribution < -0.4 is 10.6 Å². The second-order valence-electron chi connectivity index (χ2n) is 3.67. The zero-order valence-corrected chi connectivity index (χ0v) is 9.66. The average molecular weight is 209 g/mol. The van der Waals surface area contributed by atoms with E-state index >= 15 is 0 Å². The number of ether oxygens (including phenoxy) is 1. The first-order valence-corrected chi connectivity index (χ1v) is 5.07. The maximum absolute atomic E-state index is 5.71. The summed E-state index contributed by atoms with van der Waals surface area (Å²) in [7, 11) is 3.74. The molecule has 2 N–H and O–H groups in total. The monoisotopic (exact) mass is 209 g/mol. The Morgan fingerprint density at radius 2 is 2.27 bits per heavy atom. The van der Waals surface area contributed by atoms with Crippen LogP contribution >= 0.6 is 0 Å². The SMILES string of the molecule is COCCCN(C)c1cc(C)c(N)cn1. The van der Waals surface area contributed by atoms with Crippen LogP contribution in [0.15, 0.2) is 12.3 Å². The first-order valence-electron chi connectivity index (χ1n) is 5.07. The van der Waals surface area contributed by atoms with E-state index in [1.807, 2.05) is 20.0 Å². The molecule has 0 aromatic carbocycles. The smallest absolute Gasteiger partial charge is 0.128 e. The molecule has 0 amide bonds. The van der Waals surface area contributed by atoms with E-state index in [1.165, 1.54) is 0 Å². The molecule has 0 aliphatic heterocycles. The van der Waals surface area contributed by atoms with E-state index in [-0.39, 0.29) is 0 Å². The van der Waals surface area contributed by atoms with Crippen molar-refractivity contribution in [1.82, 2.24) is 4.98 Å². The highest BCUT2D eigenvalue weighted by molar-refractivity contribution is 5.51. The number of aromatic nitrogens is 1.